The molecule has 1 N–H and O–H groups in total. The summed E-state index contributed by atoms with van der Waals surface area (Å²) in [7, 11) is 0. The van der Waals surface area contributed by atoms with Crippen LogP contribution in [0.4, 0.5) is 0 Å². The molecule has 0 aromatic heterocycles. The van der Waals surface area contributed by atoms with Gasteiger partial charge in [-0.3, -0.25) is 4.99 Å². The molecule has 55 valence electrons. The van der Waals surface area contributed by atoms with E-state index in [1.165, 1.54) is 0 Å². The highest BCUT2D eigenvalue weighted by atomic mass is 15.1. The van der Waals surface area contributed by atoms with Crippen molar-refractivity contribution in [3.8, 4) is 0 Å². The van der Waals surface area contributed by atoms with Gasteiger partial charge < -0.3 is 5.32 Å². The standard InChI is InChI=1S/C8H13N2/c1-8(2,3)7-9-5-4-6-10-7/h4-6,9H,1-3H3. The van der Waals surface area contributed by atoms with Gasteiger partial charge in [0.05, 0.1) is 0 Å². The molecular formula is C8H13N2. The first kappa shape index (κ1) is 7.32. The second-order valence-corrected chi connectivity index (χ2v) is 3.38. The maximum Gasteiger partial charge on any atom is 0.178 e. The zero-order valence-corrected chi connectivity index (χ0v) is 6.68. The molecule has 1 radical (unpaired) electrons. The van der Waals surface area contributed by atoms with Crippen molar-refractivity contribution in [2.45, 2.75) is 20.8 Å². The first-order chi connectivity index (χ1) is 4.61. The van der Waals surface area contributed by atoms with Gasteiger partial charge in [-0.2, -0.15) is 0 Å². The van der Waals surface area contributed by atoms with Crippen molar-refractivity contribution < 1.29 is 0 Å². The van der Waals surface area contributed by atoms with Gasteiger partial charge in [0.2, 0.25) is 0 Å². The Morgan fingerprint density at radius 1 is 1.40 bits per heavy atom. The Hall–Kier alpha value is -0.790. The van der Waals surface area contributed by atoms with Crippen molar-refractivity contribution in [2.75, 3.05) is 0 Å². The molecule has 0 aromatic carbocycles. The monoisotopic (exact) mass is 137 g/mol. The number of allylic oxidation sites excluding steroid dienone is 1. The molecule has 1 aliphatic heterocycles. The van der Waals surface area contributed by atoms with Gasteiger partial charge >= 0.3 is 0 Å². The lowest BCUT2D eigenvalue weighted by Crippen LogP contribution is -2.28. The van der Waals surface area contributed by atoms with Crippen LogP contribution < -0.4 is 5.32 Å². The predicted molar refractivity (Wildman–Crippen MR) is 43.5 cm³/mol. The average molecular weight is 137 g/mol. The van der Waals surface area contributed by atoms with Gasteiger partial charge in [-0.05, 0) is 6.08 Å². The number of nitrogens with zero attached hydrogens (tertiary/aromatic N) is 1. The van der Waals surface area contributed by atoms with Crippen LogP contribution in [0, 0.1) is 11.6 Å². The van der Waals surface area contributed by atoms with Gasteiger partial charge in [0.15, 0.2) is 6.17 Å². The summed E-state index contributed by atoms with van der Waals surface area (Å²) in [5, 5.41) is 3.10. The van der Waals surface area contributed by atoms with Gasteiger partial charge in [-0.25, -0.2) is 0 Å². The Labute approximate surface area is 62.0 Å². The van der Waals surface area contributed by atoms with E-state index in [-0.39, 0.29) is 5.41 Å². The fourth-order valence-corrected chi connectivity index (χ4v) is 0.735. The minimum atomic E-state index is 0.126. The molecule has 1 rings (SSSR count). The molecule has 0 atom stereocenters. The summed E-state index contributed by atoms with van der Waals surface area (Å²) in [6.45, 7) is 6.39. The first-order valence-corrected chi connectivity index (χ1v) is 3.44. The zero-order valence-electron chi connectivity index (χ0n) is 6.68. The van der Waals surface area contributed by atoms with E-state index in [0.717, 1.165) is 6.17 Å². The van der Waals surface area contributed by atoms with Crippen LogP contribution in [0.3, 0.4) is 0 Å². The molecule has 1 heterocycles. The molecule has 0 spiro atoms. The minimum Gasteiger partial charge on any atom is -0.363 e. The van der Waals surface area contributed by atoms with Crippen LogP contribution in [0.2, 0.25) is 0 Å². The van der Waals surface area contributed by atoms with Crippen LogP contribution in [-0.4, -0.2) is 6.21 Å². The van der Waals surface area contributed by atoms with Crippen LogP contribution in [-0.2, 0) is 0 Å². The summed E-state index contributed by atoms with van der Waals surface area (Å²) in [5.74, 6) is 0. The summed E-state index contributed by atoms with van der Waals surface area (Å²) in [6, 6.07) is 0. The smallest absolute Gasteiger partial charge is 0.178 e. The van der Waals surface area contributed by atoms with Crippen molar-refractivity contribution in [2.24, 2.45) is 10.4 Å². The number of hydrogen-bond donors (Lipinski definition) is 1. The third-order valence-corrected chi connectivity index (χ3v) is 1.32. The Kier molecular flexibility index (Phi) is 1.79. The summed E-state index contributed by atoms with van der Waals surface area (Å²) in [6.07, 6.45) is 6.61. The molecule has 2 heteroatoms. The van der Waals surface area contributed by atoms with E-state index in [4.69, 9.17) is 0 Å². The molecule has 0 aliphatic carbocycles. The summed E-state index contributed by atoms with van der Waals surface area (Å²) in [4.78, 5) is 4.19. The number of nitrogens with one attached hydrogen (secondary N) is 1. The Morgan fingerprint density at radius 2 is 2.10 bits per heavy atom. The fraction of sp³-hybridized carbons (Fsp3) is 0.500. The Morgan fingerprint density at radius 3 is 2.40 bits per heavy atom. The van der Waals surface area contributed by atoms with Crippen LogP contribution in [0.25, 0.3) is 0 Å². The SMILES string of the molecule is CC(C)(C)[C]1N=CC=CN1. The average Bonchev–Trinajstić information content (AvgIpc) is 1.88. The van der Waals surface area contributed by atoms with Crippen molar-refractivity contribution in [1.82, 2.24) is 5.32 Å². The maximum atomic E-state index is 4.19. The molecule has 1 aliphatic rings. The van der Waals surface area contributed by atoms with E-state index in [2.05, 4.69) is 31.1 Å². The molecule has 0 saturated carbocycles. The first-order valence-electron chi connectivity index (χ1n) is 3.44. The largest absolute Gasteiger partial charge is 0.363 e. The van der Waals surface area contributed by atoms with Crippen molar-refractivity contribution in [1.29, 1.82) is 0 Å². The Bertz CT molecular complexity index is 163. The molecular weight excluding hydrogens is 124 g/mol. The number of rotatable bonds is 0. The lowest BCUT2D eigenvalue weighted by Gasteiger charge is -2.26. The van der Waals surface area contributed by atoms with E-state index in [9.17, 15) is 0 Å². The second kappa shape index (κ2) is 2.45. The molecule has 0 aromatic rings. The van der Waals surface area contributed by atoms with Gasteiger partial charge in [0.1, 0.15) is 0 Å². The highest BCUT2D eigenvalue weighted by molar-refractivity contribution is 5.72. The van der Waals surface area contributed by atoms with Crippen LogP contribution in [0.15, 0.2) is 17.3 Å². The third-order valence-electron chi connectivity index (χ3n) is 1.32. The number of aliphatic imine (C=N–C) groups is 1. The third kappa shape index (κ3) is 1.59. The molecule has 0 fully saturated rings. The fourth-order valence-electron chi connectivity index (χ4n) is 0.735. The van der Waals surface area contributed by atoms with Gasteiger partial charge in [0.25, 0.3) is 0 Å². The van der Waals surface area contributed by atoms with Gasteiger partial charge in [-0.1, -0.05) is 20.8 Å². The second-order valence-electron chi connectivity index (χ2n) is 3.38. The summed E-state index contributed by atoms with van der Waals surface area (Å²) >= 11 is 0. The molecule has 0 amide bonds. The van der Waals surface area contributed by atoms with E-state index >= 15 is 0 Å². The summed E-state index contributed by atoms with van der Waals surface area (Å²) in [5.41, 5.74) is 0.126. The molecule has 0 bridgehead atoms. The highest BCUT2D eigenvalue weighted by Gasteiger charge is 2.24. The lowest BCUT2D eigenvalue weighted by molar-refractivity contribution is 0.396. The van der Waals surface area contributed by atoms with Crippen LogP contribution in [0.5, 0.6) is 0 Å². The number of hydrogen-bond acceptors (Lipinski definition) is 2. The summed E-state index contributed by atoms with van der Waals surface area (Å²) < 4.78 is 0. The lowest BCUT2D eigenvalue weighted by atomic mass is 9.92. The van der Waals surface area contributed by atoms with E-state index < -0.39 is 0 Å². The Balaban J connectivity index is 2.60. The van der Waals surface area contributed by atoms with E-state index in [1.54, 1.807) is 6.21 Å². The zero-order chi connectivity index (χ0) is 7.61. The van der Waals surface area contributed by atoms with E-state index in [1.807, 2.05) is 12.3 Å². The topological polar surface area (TPSA) is 24.4 Å². The van der Waals surface area contributed by atoms with Gasteiger partial charge in [-0.15, -0.1) is 0 Å². The molecule has 2 nitrogen and oxygen atoms in total. The quantitative estimate of drug-likeness (QED) is 0.540. The highest BCUT2D eigenvalue weighted by Crippen LogP contribution is 2.26. The van der Waals surface area contributed by atoms with Crippen molar-refractivity contribution in [3.05, 3.63) is 18.4 Å². The van der Waals surface area contributed by atoms with Gasteiger partial charge in [0, 0.05) is 17.8 Å². The van der Waals surface area contributed by atoms with Crippen molar-refractivity contribution in [3.63, 3.8) is 0 Å². The minimum absolute atomic E-state index is 0.126. The normalized spacial score (nSPS) is 19.1. The maximum absolute atomic E-state index is 4.19. The molecule has 0 unspecified atom stereocenters. The van der Waals surface area contributed by atoms with E-state index in [0.29, 0.717) is 0 Å². The van der Waals surface area contributed by atoms with Crippen LogP contribution >= 0.6 is 0 Å². The predicted octanol–water partition coefficient (Wildman–Crippen LogP) is 1.71. The van der Waals surface area contributed by atoms with Crippen molar-refractivity contribution >= 4 is 6.21 Å². The molecule has 10 heavy (non-hydrogen) atoms. The van der Waals surface area contributed by atoms with Crippen LogP contribution in [0.1, 0.15) is 20.8 Å². The molecule has 0 saturated heterocycles.